The van der Waals surface area contributed by atoms with Crippen molar-refractivity contribution in [1.82, 2.24) is 0 Å². The Morgan fingerprint density at radius 2 is 1.93 bits per heavy atom. The number of rotatable bonds is 9. The highest BCUT2D eigenvalue weighted by Gasteiger charge is 2.25. The molecule has 0 saturated heterocycles. The molecule has 0 amide bonds. The molecule has 3 rings (SSSR count). The lowest BCUT2D eigenvalue weighted by atomic mass is 9.90. The van der Waals surface area contributed by atoms with Crippen LogP contribution in [0.3, 0.4) is 0 Å². The number of carbonyl (C=O) groups is 1. The molecule has 0 N–H and O–H groups in total. The molecule has 0 aliphatic rings. The minimum absolute atomic E-state index is 0.276. The van der Waals surface area contributed by atoms with Crippen LogP contribution in [0.15, 0.2) is 65.6 Å². The summed E-state index contributed by atoms with van der Waals surface area (Å²) in [6, 6.07) is 16.2. The Hall–Kier alpha value is -3.01. The van der Waals surface area contributed by atoms with E-state index in [0.717, 1.165) is 40.9 Å². The fourth-order valence-electron chi connectivity index (χ4n) is 3.11. The van der Waals surface area contributed by atoms with Gasteiger partial charge in [-0.05, 0) is 36.6 Å². The van der Waals surface area contributed by atoms with Gasteiger partial charge in [0.05, 0.1) is 6.61 Å². The Balaban J connectivity index is 1.76. The van der Waals surface area contributed by atoms with Crippen LogP contribution in [0.5, 0.6) is 5.75 Å². The van der Waals surface area contributed by atoms with Crippen LogP contribution in [0.25, 0.3) is 22.3 Å². The van der Waals surface area contributed by atoms with Crippen molar-refractivity contribution in [3.05, 3.63) is 66.7 Å². The van der Waals surface area contributed by atoms with E-state index in [4.69, 9.17) is 13.9 Å². The number of carbonyl (C=O) groups excluding carboxylic acids is 1. The summed E-state index contributed by atoms with van der Waals surface area (Å²) in [5, 5.41) is 1.04. The summed E-state index contributed by atoms with van der Waals surface area (Å²) < 4.78 is 17.4. The zero-order chi connectivity index (χ0) is 20.9. The molecule has 29 heavy (non-hydrogen) atoms. The highest BCUT2D eigenvalue weighted by atomic mass is 16.5. The van der Waals surface area contributed by atoms with E-state index in [1.165, 1.54) is 11.6 Å². The first-order chi connectivity index (χ1) is 14.0. The van der Waals surface area contributed by atoms with Gasteiger partial charge in [-0.1, -0.05) is 51.6 Å². The van der Waals surface area contributed by atoms with E-state index < -0.39 is 5.97 Å². The molecule has 1 aromatic heterocycles. The minimum atomic E-state index is -0.415. The summed E-state index contributed by atoms with van der Waals surface area (Å²) in [7, 11) is 0. The predicted octanol–water partition coefficient (Wildman–Crippen LogP) is 6.19. The van der Waals surface area contributed by atoms with Gasteiger partial charge >= 0.3 is 5.97 Å². The van der Waals surface area contributed by atoms with Gasteiger partial charge in [0.2, 0.25) is 0 Å². The maximum absolute atomic E-state index is 11.4. The lowest BCUT2D eigenvalue weighted by Crippen LogP contribution is -2.30. The van der Waals surface area contributed by atoms with Crippen LogP contribution in [-0.4, -0.2) is 19.2 Å². The van der Waals surface area contributed by atoms with Gasteiger partial charge < -0.3 is 13.9 Å². The molecule has 4 nitrogen and oxygen atoms in total. The molecule has 0 radical (unpaired) electrons. The average molecular weight is 392 g/mol. The quantitative estimate of drug-likeness (QED) is 0.322. The minimum Gasteiger partial charge on any atom is -0.493 e. The van der Waals surface area contributed by atoms with Crippen LogP contribution >= 0.6 is 0 Å². The first kappa shape index (κ1) is 20.7. The molecule has 0 spiro atoms. The predicted molar refractivity (Wildman–Crippen MR) is 116 cm³/mol. The number of benzene rings is 2. The van der Waals surface area contributed by atoms with Gasteiger partial charge in [-0.15, -0.1) is 0 Å². The van der Waals surface area contributed by atoms with Crippen molar-refractivity contribution in [2.24, 2.45) is 5.41 Å². The molecule has 0 bridgehead atoms. The van der Waals surface area contributed by atoms with Crippen molar-refractivity contribution in [1.29, 1.82) is 0 Å². The van der Waals surface area contributed by atoms with Gasteiger partial charge in [-0.2, -0.15) is 0 Å². The number of fused-ring (bicyclic) bond motifs is 1. The van der Waals surface area contributed by atoms with E-state index in [1.807, 2.05) is 37.3 Å². The monoisotopic (exact) mass is 392 g/mol. The lowest BCUT2D eigenvalue weighted by molar-refractivity contribution is -0.141. The van der Waals surface area contributed by atoms with E-state index in [0.29, 0.717) is 6.61 Å². The molecule has 0 aliphatic heterocycles. The fourth-order valence-corrected chi connectivity index (χ4v) is 3.11. The number of ether oxygens (including phenoxy) is 2. The summed E-state index contributed by atoms with van der Waals surface area (Å²) in [5.41, 5.74) is 2.90. The first-order valence-electron chi connectivity index (χ1n) is 10.0. The smallest absolute Gasteiger partial charge is 0.330 e. The maximum atomic E-state index is 11.4. The van der Waals surface area contributed by atoms with Crippen molar-refractivity contribution in [3.8, 4) is 17.1 Å². The van der Waals surface area contributed by atoms with Crippen molar-refractivity contribution >= 4 is 16.9 Å². The molecule has 0 saturated carbocycles. The zero-order valence-corrected chi connectivity index (χ0v) is 17.4. The number of esters is 1. The third-order valence-corrected chi connectivity index (χ3v) is 5.33. The first-order valence-corrected chi connectivity index (χ1v) is 10.0. The van der Waals surface area contributed by atoms with Crippen molar-refractivity contribution in [2.45, 2.75) is 33.6 Å². The highest BCUT2D eigenvalue weighted by Crippen LogP contribution is 2.33. The molecule has 4 heteroatoms. The molecular weight excluding hydrogens is 364 g/mol. The fraction of sp³-hybridized carbons (Fsp3) is 0.320. The molecule has 2 aromatic carbocycles. The van der Waals surface area contributed by atoms with E-state index >= 15 is 0 Å². The largest absolute Gasteiger partial charge is 0.493 e. The highest BCUT2D eigenvalue weighted by molar-refractivity contribution is 5.84. The normalized spacial score (nSPS) is 13.1. The van der Waals surface area contributed by atoms with Gasteiger partial charge in [-0.3, -0.25) is 0 Å². The average Bonchev–Trinajstić information content (AvgIpc) is 3.19. The van der Waals surface area contributed by atoms with Crippen LogP contribution in [0, 0.1) is 5.41 Å². The number of furan rings is 1. The van der Waals surface area contributed by atoms with Crippen LogP contribution in [0.4, 0.5) is 0 Å². The SMILES string of the molecule is C=CC(=O)OCC(C)(CC)COc1ccc2cc(-c3ccccc3CC)oc2c1. The van der Waals surface area contributed by atoms with Crippen molar-refractivity contribution < 1.29 is 18.7 Å². The Labute approximate surface area is 172 Å². The standard InChI is InChI=1S/C25H28O4/c1-5-18-10-8-9-11-21(18)23-14-19-12-13-20(15-22(19)29-23)27-16-25(4,7-3)17-28-24(26)6-2/h6,8-15H,2,5,7,16-17H2,1,3-4H3. The molecule has 1 heterocycles. The van der Waals surface area contributed by atoms with E-state index in [9.17, 15) is 4.79 Å². The van der Waals surface area contributed by atoms with Gasteiger partial charge in [-0.25, -0.2) is 4.79 Å². The second kappa shape index (κ2) is 8.99. The van der Waals surface area contributed by atoms with Gasteiger partial charge in [0.1, 0.15) is 23.7 Å². The lowest BCUT2D eigenvalue weighted by Gasteiger charge is -2.27. The summed E-state index contributed by atoms with van der Waals surface area (Å²) in [6.45, 7) is 10.4. The van der Waals surface area contributed by atoms with E-state index in [1.54, 1.807) is 0 Å². The van der Waals surface area contributed by atoms with Gasteiger partial charge in [0.25, 0.3) is 0 Å². The maximum Gasteiger partial charge on any atom is 0.330 e. The molecular formula is C25H28O4. The number of aryl methyl sites for hydroxylation is 1. The molecule has 1 unspecified atom stereocenters. The van der Waals surface area contributed by atoms with E-state index in [2.05, 4.69) is 38.6 Å². The van der Waals surface area contributed by atoms with Gasteiger partial charge in [0, 0.05) is 28.5 Å². The topological polar surface area (TPSA) is 48.7 Å². The molecule has 1 atom stereocenters. The summed E-state index contributed by atoms with van der Waals surface area (Å²) in [6.07, 6.45) is 2.95. The van der Waals surface area contributed by atoms with Crippen LogP contribution in [0.2, 0.25) is 0 Å². The number of hydrogen-bond donors (Lipinski definition) is 0. The molecule has 0 fully saturated rings. The molecule has 0 aliphatic carbocycles. The Bertz CT molecular complexity index is 1000. The van der Waals surface area contributed by atoms with Crippen LogP contribution < -0.4 is 4.74 Å². The van der Waals surface area contributed by atoms with Gasteiger partial charge in [0.15, 0.2) is 0 Å². The number of hydrogen-bond acceptors (Lipinski definition) is 4. The second-order valence-electron chi connectivity index (χ2n) is 7.59. The Kier molecular flexibility index (Phi) is 6.42. The Morgan fingerprint density at radius 1 is 1.14 bits per heavy atom. The summed E-state index contributed by atoms with van der Waals surface area (Å²) in [4.78, 5) is 11.4. The van der Waals surface area contributed by atoms with Crippen molar-refractivity contribution in [2.75, 3.05) is 13.2 Å². The molecule has 152 valence electrons. The van der Waals surface area contributed by atoms with Crippen LogP contribution in [0.1, 0.15) is 32.8 Å². The third kappa shape index (κ3) is 4.89. The third-order valence-electron chi connectivity index (χ3n) is 5.33. The van der Waals surface area contributed by atoms with Crippen molar-refractivity contribution in [3.63, 3.8) is 0 Å². The summed E-state index contributed by atoms with van der Waals surface area (Å²) in [5.74, 6) is 1.18. The van der Waals surface area contributed by atoms with E-state index in [-0.39, 0.29) is 12.0 Å². The van der Waals surface area contributed by atoms with Crippen LogP contribution in [-0.2, 0) is 16.0 Å². The second-order valence-corrected chi connectivity index (χ2v) is 7.59. The zero-order valence-electron chi connectivity index (χ0n) is 17.4. The summed E-state index contributed by atoms with van der Waals surface area (Å²) >= 11 is 0. The molecule has 3 aromatic rings. The Morgan fingerprint density at radius 3 is 2.66 bits per heavy atom.